The number of carbonyl (C=O) groups is 2. The molecule has 0 amide bonds. The molecule has 3 aromatic rings. The van der Waals surface area contributed by atoms with E-state index in [1.165, 1.54) is 37.5 Å². The number of furan rings is 1. The molecule has 0 bridgehead atoms. The van der Waals surface area contributed by atoms with E-state index in [1.807, 2.05) is 0 Å². The number of para-hydroxylation sites is 1. The molecule has 0 fully saturated rings. The van der Waals surface area contributed by atoms with E-state index in [1.54, 1.807) is 30.3 Å². The standard InChI is InChI=1S/C23H20ClNO7S/c1-3-13-25(16-7-5-4-6-8-16)33(28,29)18-10-11-20(24)19(14-18)22(26)31-15-17-9-12-21(32-17)23(27)30-2/h3-12,14H,1,13,15H2,2H3. The number of hydrogen-bond donors (Lipinski definition) is 0. The normalized spacial score (nSPS) is 11.0. The predicted molar refractivity (Wildman–Crippen MR) is 122 cm³/mol. The first-order chi connectivity index (χ1) is 15.8. The Morgan fingerprint density at radius 3 is 2.48 bits per heavy atom. The van der Waals surface area contributed by atoms with Gasteiger partial charge >= 0.3 is 11.9 Å². The smallest absolute Gasteiger partial charge is 0.373 e. The zero-order valence-electron chi connectivity index (χ0n) is 17.6. The molecule has 0 spiro atoms. The predicted octanol–water partition coefficient (Wildman–Crippen LogP) is 4.46. The molecule has 2 aromatic carbocycles. The van der Waals surface area contributed by atoms with Crippen molar-refractivity contribution < 1.29 is 31.9 Å². The Morgan fingerprint density at radius 1 is 1.09 bits per heavy atom. The van der Waals surface area contributed by atoms with Crippen LogP contribution in [0.1, 0.15) is 26.7 Å². The second-order valence-corrected chi connectivity index (χ2v) is 8.91. The van der Waals surface area contributed by atoms with E-state index >= 15 is 0 Å². The van der Waals surface area contributed by atoms with Gasteiger partial charge in [-0.15, -0.1) is 6.58 Å². The van der Waals surface area contributed by atoms with Gasteiger partial charge in [0, 0.05) is 0 Å². The summed E-state index contributed by atoms with van der Waals surface area (Å²) in [6, 6.07) is 15.1. The maximum atomic E-state index is 13.3. The molecule has 0 aliphatic rings. The van der Waals surface area contributed by atoms with Gasteiger partial charge in [0.2, 0.25) is 5.76 Å². The van der Waals surface area contributed by atoms with E-state index in [0.29, 0.717) is 5.69 Å². The van der Waals surface area contributed by atoms with Crippen molar-refractivity contribution in [1.82, 2.24) is 0 Å². The maximum Gasteiger partial charge on any atom is 0.373 e. The average molecular weight is 490 g/mol. The summed E-state index contributed by atoms with van der Waals surface area (Å²) in [7, 11) is -2.83. The van der Waals surface area contributed by atoms with Gasteiger partial charge in [0.05, 0.1) is 34.8 Å². The Kier molecular flexibility index (Phi) is 7.57. The Bertz CT molecular complexity index is 1270. The first kappa shape index (κ1) is 24.1. The number of ether oxygens (including phenoxy) is 2. The highest BCUT2D eigenvalue weighted by atomic mass is 35.5. The van der Waals surface area contributed by atoms with Gasteiger partial charge in [-0.05, 0) is 42.5 Å². The zero-order valence-corrected chi connectivity index (χ0v) is 19.1. The summed E-state index contributed by atoms with van der Waals surface area (Å²) in [5, 5.41) is 0.0172. The lowest BCUT2D eigenvalue weighted by Crippen LogP contribution is -2.31. The molecule has 0 saturated heterocycles. The number of sulfonamides is 1. The van der Waals surface area contributed by atoms with Gasteiger partial charge in [-0.1, -0.05) is 35.9 Å². The second kappa shape index (κ2) is 10.4. The molecule has 33 heavy (non-hydrogen) atoms. The second-order valence-electron chi connectivity index (χ2n) is 6.64. The number of anilines is 1. The molecule has 8 nitrogen and oxygen atoms in total. The molecule has 0 aliphatic heterocycles. The fraction of sp³-hybridized carbons (Fsp3) is 0.130. The topological polar surface area (TPSA) is 103 Å². The quantitative estimate of drug-likeness (QED) is 0.323. The molecule has 0 saturated carbocycles. The lowest BCUT2D eigenvalue weighted by Gasteiger charge is -2.23. The van der Waals surface area contributed by atoms with Gasteiger partial charge in [0.1, 0.15) is 12.4 Å². The van der Waals surface area contributed by atoms with E-state index in [-0.39, 0.29) is 40.2 Å². The molecule has 172 valence electrons. The minimum Gasteiger partial charge on any atom is -0.463 e. The number of methoxy groups -OCH3 is 1. The molecule has 1 aromatic heterocycles. The number of carbonyl (C=O) groups excluding carboxylic acids is 2. The van der Waals surface area contributed by atoms with E-state index in [4.69, 9.17) is 20.8 Å². The average Bonchev–Trinajstić information content (AvgIpc) is 3.30. The number of hydrogen-bond acceptors (Lipinski definition) is 7. The van der Waals surface area contributed by atoms with Gasteiger partial charge < -0.3 is 13.9 Å². The number of esters is 2. The first-order valence-electron chi connectivity index (χ1n) is 9.60. The lowest BCUT2D eigenvalue weighted by molar-refractivity contribution is 0.0438. The Hall–Kier alpha value is -3.56. The summed E-state index contributed by atoms with van der Waals surface area (Å²) in [5.41, 5.74) is 0.305. The van der Waals surface area contributed by atoms with E-state index < -0.39 is 22.0 Å². The minimum atomic E-state index is -4.04. The Morgan fingerprint density at radius 2 is 1.82 bits per heavy atom. The van der Waals surface area contributed by atoms with Crippen molar-refractivity contribution in [2.24, 2.45) is 0 Å². The minimum absolute atomic E-state index is 0.0172. The molecular formula is C23H20ClNO7S. The van der Waals surface area contributed by atoms with Crippen LogP contribution in [0.15, 0.2) is 82.6 Å². The maximum absolute atomic E-state index is 13.3. The third-order valence-electron chi connectivity index (χ3n) is 4.48. The van der Waals surface area contributed by atoms with Crippen molar-refractivity contribution in [3.63, 3.8) is 0 Å². The number of rotatable bonds is 9. The third-order valence-corrected chi connectivity index (χ3v) is 6.60. The van der Waals surface area contributed by atoms with Gasteiger partial charge in [0.15, 0.2) is 0 Å². The molecule has 1 heterocycles. The van der Waals surface area contributed by atoms with Gasteiger partial charge in [-0.3, -0.25) is 4.31 Å². The number of benzene rings is 2. The summed E-state index contributed by atoms with van der Waals surface area (Å²) in [4.78, 5) is 23.9. The van der Waals surface area contributed by atoms with Crippen LogP contribution >= 0.6 is 11.6 Å². The van der Waals surface area contributed by atoms with Crippen LogP contribution in [0, 0.1) is 0 Å². The van der Waals surface area contributed by atoms with Crippen LogP contribution in [0.5, 0.6) is 0 Å². The van der Waals surface area contributed by atoms with Gasteiger partial charge in [0.25, 0.3) is 10.0 Å². The monoisotopic (exact) mass is 489 g/mol. The molecule has 0 radical (unpaired) electrons. The van der Waals surface area contributed by atoms with Crippen LogP contribution in [0.3, 0.4) is 0 Å². The molecular weight excluding hydrogens is 470 g/mol. The van der Waals surface area contributed by atoms with Gasteiger partial charge in [-0.2, -0.15) is 0 Å². The van der Waals surface area contributed by atoms with Crippen molar-refractivity contribution in [2.75, 3.05) is 18.0 Å². The van der Waals surface area contributed by atoms with Crippen LogP contribution in [0.4, 0.5) is 5.69 Å². The molecule has 3 rings (SSSR count). The molecule has 0 unspecified atom stereocenters. The summed E-state index contributed by atoms with van der Waals surface area (Å²) < 4.78 is 42.8. The van der Waals surface area contributed by atoms with Crippen LogP contribution < -0.4 is 4.31 Å². The van der Waals surface area contributed by atoms with E-state index in [9.17, 15) is 18.0 Å². The van der Waals surface area contributed by atoms with Gasteiger partial charge in [-0.25, -0.2) is 18.0 Å². The summed E-state index contributed by atoms with van der Waals surface area (Å²) in [6.07, 6.45) is 1.46. The number of halogens is 1. The fourth-order valence-electron chi connectivity index (χ4n) is 2.88. The SMILES string of the molecule is C=CCN(c1ccccc1)S(=O)(=O)c1ccc(Cl)c(C(=O)OCc2ccc(C(=O)OC)o2)c1. The van der Waals surface area contributed by atoms with E-state index in [2.05, 4.69) is 11.3 Å². The highest BCUT2D eigenvalue weighted by Crippen LogP contribution is 2.27. The highest BCUT2D eigenvalue weighted by Gasteiger charge is 2.26. The lowest BCUT2D eigenvalue weighted by atomic mass is 10.2. The van der Waals surface area contributed by atoms with Crippen molar-refractivity contribution in [1.29, 1.82) is 0 Å². The zero-order chi connectivity index (χ0) is 24.0. The fourth-order valence-corrected chi connectivity index (χ4v) is 4.54. The Labute approximate surface area is 196 Å². The van der Waals surface area contributed by atoms with Crippen LogP contribution in [0.2, 0.25) is 5.02 Å². The molecule has 0 aliphatic carbocycles. The highest BCUT2D eigenvalue weighted by molar-refractivity contribution is 7.92. The molecule has 10 heteroatoms. The van der Waals surface area contributed by atoms with Crippen molar-refractivity contribution in [2.45, 2.75) is 11.5 Å². The molecule has 0 atom stereocenters. The number of nitrogens with zero attached hydrogens (tertiary/aromatic N) is 1. The largest absolute Gasteiger partial charge is 0.463 e. The van der Waals surface area contributed by atoms with Crippen LogP contribution in [-0.2, 0) is 26.1 Å². The van der Waals surface area contributed by atoms with E-state index in [0.717, 1.165) is 10.4 Å². The van der Waals surface area contributed by atoms with Crippen molar-refractivity contribution in [3.05, 3.63) is 95.4 Å². The first-order valence-corrected chi connectivity index (χ1v) is 11.4. The van der Waals surface area contributed by atoms with Crippen LogP contribution in [-0.4, -0.2) is 34.0 Å². The summed E-state index contributed by atoms with van der Waals surface area (Å²) in [6.45, 7) is 3.35. The summed E-state index contributed by atoms with van der Waals surface area (Å²) >= 11 is 6.14. The Balaban J connectivity index is 1.84. The molecule has 0 N–H and O–H groups in total. The summed E-state index contributed by atoms with van der Waals surface area (Å²) in [5.74, 6) is -1.37. The van der Waals surface area contributed by atoms with Crippen molar-refractivity contribution in [3.8, 4) is 0 Å². The third kappa shape index (κ3) is 5.44. The van der Waals surface area contributed by atoms with Crippen LogP contribution in [0.25, 0.3) is 0 Å². The van der Waals surface area contributed by atoms with Crippen molar-refractivity contribution >= 4 is 39.3 Å².